The van der Waals surface area contributed by atoms with Gasteiger partial charge in [-0.25, -0.2) is 9.98 Å². The highest BCUT2D eigenvalue weighted by Crippen LogP contribution is 2.28. The summed E-state index contributed by atoms with van der Waals surface area (Å²) in [5.41, 5.74) is 4.65. The van der Waals surface area contributed by atoms with Crippen LogP contribution in [0.1, 0.15) is 37.3 Å². The molecule has 0 bridgehead atoms. The molecule has 1 fully saturated rings. The number of guanidine groups is 1. The van der Waals surface area contributed by atoms with E-state index in [0.717, 1.165) is 62.2 Å². The van der Waals surface area contributed by atoms with Crippen molar-refractivity contribution in [3.63, 3.8) is 0 Å². The summed E-state index contributed by atoms with van der Waals surface area (Å²) in [5.74, 6) is 1.69. The molecular weight excluding hydrogens is 386 g/mol. The van der Waals surface area contributed by atoms with Gasteiger partial charge in [-0.05, 0) is 55.4 Å². The smallest absolute Gasteiger partial charge is 0.191 e. The molecule has 3 aromatic rings. The molecule has 2 N–H and O–H groups in total. The minimum absolute atomic E-state index is 0.655. The van der Waals surface area contributed by atoms with Gasteiger partial charge < -0.3 is 19.9 Å². The van der Waals surface area contributed by atoms with Crippen molar-refractivity contribution >= 4 is 17.0 Å². The van der Waals surface area contributed by atoms with E-state index in [1.807, 2.05) is 18.5 Å². The maximum Gasteiger partial charge on any atom is 0.191 e. The van der Waals surface area contributed by atoms with Crippen LogP contribution in [0.15, 0.2) is 59.9 Å². The fourth-order valence-corrected chi connectivity index (χ4v) is 3.51. The van der Waals surface area contributed by atoms with E-state index < -0.39 is 0 Å². The van der Waals surface area contributed by atoms with Gasteiger partial charge in [-0.3, -0.25) is 0 Å². The summed E-state index contributed by atoms with van der Waals surface area (Å²) in [7, 11) is 0. The molecule has 0 unspecified atom stereocenters. The fraction of sp³-hybridized carbons (Fsp3) is 0.440. The topological polar surface area (TPSA) is 63.5 Å². The number of aliphatic imine (C=N–C) groups is 1. The molecule has 164 valence electrons. The Morgan fingerprint density at radius 2 is 1.90 bits per heavy atom. The molecule has 1 aliphatic carbocycles. The zero-order valence-electron chi connectivity index (χ0n) is 18.4. The van der Waals surface area contributed by atoms with Gasteiger partial charge in [0.1, 0.15) is 0 Å². The van der Waals surface area contributed by atoms with Crippen LogP contribution in [0.3, 0.4) is 0 Å². The molecule has 1 aliphatic rings. The van der Waals surface area contributed by atoms with E-state index in [4.69, 9.17) is 9.73 Å². The Hall–Kier alpha value is -2.86. The summed E-state index contributed by atoms with van der Waals surface area (Å²) < 4.78 is 7.88. The maximum atomic E-state index is 5.69. The Bertz CT molecular complexity index is 975. The molecule has 0 spiro atoms. The van der Waals surface area contributed by atoms with Crippen LogP contribution in [0.5, 0.6) is 0 Å². The standard InChI is InChI=1S/C25H33N5O/c1-2-26-25(27-14-5-15-31-18-22-12-13-22)28-16-20-8-10-21(11-9-20)17-30-19-29-23-6-3-4-7-24(23)30/h3-4,6-11,19,22H,2,5,12-18H2,1H3,(H2,26,27,28). The van der Waals surface area contributed by atoms with Crippen LogP contribution in [-0.4, -0.2) is 41.8 Å². The molecule has 0 radical (unpaired) electrons. The fourth-order valence-electron chi connectivity index (χ4n) is 3.51. The third kappa shape index (κ3) is 6.56. The van der Waals surface area contributed by atoms with E-state index in [1.54, 1.807) is 0 Å². The predicted molar refractivity (Wildman–Crippen MR) is 126 cm³/mol. The summed E-state index contributed by atoms with van der Waals surface area (Å²) >= 11 is 0. The van der Waals surface area contributed by atoms with Gasteiger partial charge in [-0.1, -0.05) is 36.4 Å². The number of para-hydroxylation sites is 2. The summed E-state index contributed by atoms with van der Waals surface area (Å²) in [6.07, 6.45) is 5.59. The van der Waals surface area contributed by atoms with Crippen LogP contribution < -0.4 is 10.6 Å². The second kappa shape index (κ2) is 11.0. The van der Waals surface area contributed by atoms with Crippen molar-refractivity contribution in [1.82, 2.24) is 20.2 Å². The number of fused-ring (bicyclic) bond motifs is 1. The molecule has 6 nitrogen and oxygen atoms in total. The van der Waals surface area contributed by atoms with E-state index in [0.29, 0.717) is 6.54 Å². The molecule has 1 aromatic heterocycles. The molecule has 0 saturated heterocycles. The lowest BCUT2D eigenvalue weighted by Crippen LogP contribution is -2.38. The number of hydrogen-bond acceptors (Lipinski definition) is 3. The number of hydrogen-bond donors (Lipinski definition) is 2. The van der Waals surface area contributed by atoms with Crippen LogP contribution in [0, 0.1) is 5.92 Å². The van der Waals surface area contributed by atoms with Crippen molar-refractivity contribution in [3.8, 4) is 0 Å². The van der Waals surface area contributed by atoms with E-state index >= 15 is 0 Å². The largest absolute Gasteiger partial charge is 0.381 e. The molecule has 1 heterocycles. The summed E-state index contributed by atoms with van der Waals surface area (Å²) in [6.45, 7) is 7.03. The lowest BCUT2D eigenvalue weighted by molar-refractivity contribution is 0.123. The minimum atomic E-state index is 0.655. The van der Waals surface area contributed by atoms with Crippen LogP contribution in [0.2, 0.25) is 0 Å². The number of benzene rings is 2. The van der Waals surface area contributed by atoms with Gasteiger partial charge in [0.25, 0.3) is 0 Å². The molecule has 0 amide bonds. The summed E-state index contributed by atoms with van der Waals surface area (Å²) in [4.78, 5) is 9.20. The van der Waals surface area contributed by atoms with Crippen molar-refractivity contribution in [2.75, 3.05) is 26.3 Å². The van der Waals surface area contributed by atoms with Gasteiger partial charge in [0.15, 0.2) is 5.96 Å². The van der Waals surface area contributed by atoms with E-state index in [9.17, 15) is 0 Å². The molecule has 1 saturated carbocycles. The number of ether oxygens (including phenoxy) is 1. The lowest BCUT2D eigenvalue weighted by Gasteiger charge is -2.11. The molecule has 31 heavy (non-hydrogen) atoms. The number of imidazole rings is 1. The van der Waals surface area contributed by atoms with Crippen LogP contribution in [0.25, 0.3) is 11.0 Å². The summed E-state index contributed by atoms with van der Waals surface area (Å²) in [5, 5.41) is 6.72. The molecular formula is C25H33N5O. The quantitative estimate of drug-likeness (QED) is 0.281. The SMILES string of the molecule is CCNC(=NCc1ccc(Cn2cnc3ccccc32)cc1)NCCCOCC1CC1. The Morgan fingerprint density at radius 1 is 1.10 bits per heavy atom. The average molecular weight is 420 g/mol. The van der Waals surface area contributed by atoms with Crippen molar-refractivity contribution in [3.05, 3.63) is 66.0 Å². The summed E-state index contributed by atoms with van der Waals surface area (Å²) in [6, 6.07) is 16.9. The number of rotatable bonds is 11. The Morgan fingerprint density at radius 3 is 2.71 bits per heavy atom. The van der Waals surface area contributed by atoms with Crippen molar-refractivity contribution in [1.29, 1.82) is 0 Å². The number of aromatic nitrogens is 2. The highest BCUT2D eigenvalue weighted by atomic mass is 16.5. The predicted octanol–water partition coefficient (Wildman–Crippen LogP) is 3.96. The zero-order valence-corrected chi connectivity index (χ0v) is 18.4. The zero-order chi connectivity index (χ0) is 21.3. The second-order valence-corrected chi connectivity index (χ2v) is 8.17. The first-order chi connectivity index (χ1) is 15.3. The third-order valence-corrected chi connectivity index (χ3v) is 5.48. The second-order valence-electron chi connectivity index (χ2n) is 8.17. The van der Waals surface area contributed by atoms with Crippen LogP contribution in [-0.2, 0) is 17.8 Å². The monoisotopic (exact) mass is 419 g/mol. The average Bonchev–Trinajstić information content (AvgIpc) is 3.54. The molecule has 4 rings (SSSR count). The Kier molecular flexibility index (Phi) is 7.56. The van der Waals surface area contributed by atoms with E-state index in [2.05, 4.69) is 63.5 Å². The highest BCUT2D eigenvalue weighted by molar-refractivity contribution is 5.79. The van der Waals surface area contributed by atoms with E-state index in [-0.39, 0.29) is 0 Å². The Balaban J connectivity index is 1.25. The van der Waals surface area contributed by atoms with Crippen LogP contribution in [0.4, 0.5) is 0 Å². The van der Waals surface area contributed by atoms with Crippen molar-refractivity contribution in [2.45, 2.75) is 39.3 Å². The van der Waals surface area contributed by atoms with Gasteiger partial charge >= 0.3 is 0 Å². The molecule has 2 aromatic carbocycles. The van der Waals surface area contributed by atoms with Crippen molar-refractivity contribution < 1.29 is 4.74 Å². The van der Waals surface area contributed by atoms with Gasteiger partial charge in [0.2, 0.25) is 0 Å². The maximum absolute atomic E-state index is 5.69. The molecule has 0 aliphatic heterocycles. The third-order valence-electron chi connectivity index (χ3n) is 5.48. The molecule has 6 heteroatoms. The van der Waals surface area contributed by atoms with Gasteiger partial charge in [0, 0.05) is 32.8 Å². The molecule has 0 atom stereocenters. The van der Waals surface area contributed by atoms with Gasteiger partial charge in [-0.15, -0.1) is 0 Å². The van der Waals surface area contributed by atoms with Gasteiger partial charge in [-0.2, -0.15) is 0 Å². The lowest BCUT2D eigenvalue weighted by atomic mass is 10.1. The first-order valence-electron chi connectivity index (χ1n) is 11.4. The van der Waals surface area contributed by atoms with Crippen molar-refractivity contribution in [2.24, 2.45) is 10.9 Å². The normalized spacial score (nSPS) is 14.2. The first-order valence-corrected chi connectivity index (χ1v) is 11.4. The highest BCUT2D eigenvalue weighted by Gasteiger charge is 2.20. The number of nitrogens with one attached hydrogen (secondary N) is 2. The number of nitrogens with zero attached hydrogens (tertiary/aromatic N) is 3. The van der Waals surface area contributed by atoms with Gasteiger partial charge in [0.05, 0.1) is 23.9 Å². The minimum Gasteiger partial charge on any atom is -0.381 e. The van der Waals surface area contributed by atoms with E-state index in [1.165, 1.54) is 24.0 Å². The van der Waals surface area contributed by atoms with Crippen LogP contribution >= 0.6 is 0 Å². The Labute approximate surface area is 184 Å². The first kappa shape index (κ1) is 21.4.